The molecule has 6 heteroatoms. The summed E-state index contributed by atoms with van der Waals surface area (Å²) in [5, 5.41) is 0. The molecule has 0 spiro atoms. The lowest BCUT2D eigenvalue weighted by molar-refractivity contribution is -0.157. The molecule has 0 atom stereocenters. The maximum Gasteiger partial charge on any atom is 0.311 e. The highest BCUT2D eigenvalue weighted by Gasteiger charge is 2.39. The van der Waals surface area contributed by atoms with Gasteiger partial charge in [-0.25, -0.2) is 0 Å². The second-order valence-corrected chi connectivity index (χ2v) is 7.25. The van der Waals surface area contributed by atoms with Crippen LogP contribution >= 0.6 is 0 Å². The van der Waals surface area contributed by atoms with Crippen molar-refractivity contribution in [1.29, 1.82) is 0 Å². The Bertz CT molecular complexity index is 428. The highest BCUT2D eigenvalue weighted by molar-refractivity contribution is 5.80. The van der Waals surface area contributed by atoms with Crippen LogP contribution in [0.2, 0.25) is 0 Å². The van der Waals surface area contributed by atoms with Crippen molar-refractivity contribution in [2.75, 3.05) is 46.4 Å². The summed E-state index contributed by atoms with van der Waals surface area (Å²) in [6, 6.07) is 0. The molecule has 1 amide bonds. The Kier molecular flexibility index (Phi) is 5.12. The van der Waals surface area contributed by atoms with Crippen LogP contribution in [0.3, 0.4) is 0 Å². The van der Waals surface area contributed by atoms with E-state index in [1.54, 1.807) is 0 Å². The molecule has 0 radical (unpaired) electrons. The van der Waals surface area contributed by atoms with Crippen molar-refractivity contribution in [3.63, 3.8) is 0 Å². The van der Waals surface area contributed by atoms with Crippen molar-refractivity contribution >= 4 is 11.9 Å². The van der Waals surface area contributed by atoms with E-state index in [-0.39, 0.29) is 17.5 Å². The van der Waals surface area contributed by atoms with Crippen molar-refractivity contribution in [3.8, 4) is 0 Å². The number of hydrogen-bond donors (Lipinski definition) is 0. The topological polar surface area (TPSA) is 59.1 Å². The fourth-order valence-electron chi connectivity index (χ4n) is 3.24. The van der Waals surface area contributed by atoms with Gasteiger partial charge in [0.25, 0.3) is 0 Å². The van der Waals surface area contributed by atoms with Gasteiger partial charge in [0.05, 0.1) is 31.3 Å². The van der Waals surface area contributed by atoms with Gasteiger partial charge in [0.2, 0.25) is 5.91 Å². The van der Waals surface area contributed by atoms with Crippen LogP contribution in [0.5, 0.6) is 0 Å². The Morgan fingerprint density at radius 2 is 1.77 bits per heavy atom. The largest absolute Gasteiger partial charge is 0.469 e. The fraction of sp³-hybridized carbons (Fsp3) is 0.875. The van der Waals surface area contributed by atoms with Crippen LogP contribution in [-0.2, 0) is 19.1 Å². The molecular formula is C16H28N2O4. The van der Waals surface area contributed by atoms with Crippen LogP contribution in [0.25, 0.3) is 0 Å². The lowest BCUT2D eigenvalue weighted by atomic mass is 9.80. The lowest BCUT2D eigenvalue weighted by Crippen LogP contribution is -2.53. The van der Waals surface area contributed by atoms with E-state index in [4.69, 9.17) is 9.47 Å². The van der Waals surface area contributed by atoms with Crippen molar-refractivity contribution in [1.82, 2.24) is 9.80 Å². The van der Waals surface area contributed by atoms with Crippen molar-refractivity contribution in [3.05, 3.63) is 0 Å². The normalized spacial score (nSPS) is 24.8. The Hall–Kier alpha value is -1.14. The molecule has 2 aliphatic heterocycles. The van der Waals surface area contributed by atoms with Crippen LogP contribution in [0.1, 0.15) is 33.6 Å². The second-order valence-electron chi connectivity index (χ2n) is 7.25. The summed E-state index contributed by atoms with van der Waals surface area (Å²) in [7, 11) is 1.42. The quantitative estimate of drug-likeness (QED) is 0.725. The monoisotopic (exact) mass is 312 g/mol. The molecule has 0 aromatic rings. The molecule has 22 heavy (non-hydrogen) atoms. The van der Waals surface area contributed by atoms with E-state index < -0.39 is 5.41 Å². The summed E-state index contributed by atoms with van der Waals surface area (Å²) in [6.45, 7) is 9.93. The molecule has 0 aromatic carbocycles. The third kappa shape index (κ3) is 3.98. The highest BCUT2D eigenvalue weighted by atomic mass is 16.5. The second kappa shape index (κ2) is 6.54. The summed E-state index contributed by atoms with van der Waals surface area (Å²) in [5.41, 5.74) is -0.642. The minimum atomic E-state index is -0.452. The van der Waals surface area contributed by atoms with Crippen LogP contribution < -0.4 is 0 Å². The predicted molar refractivity (Wildman–Crippen MR) is 82.4 cm³/mol. The number of morpholine rings is 1. The van der Waals surface area contributed by atoms with Crippen LogP contribution in [-0.4, -0.2) is 73.7 Å². The molecule has 0 N–H and O–H groups in total. The minimum Gasteiger partial charge on any atom is -0.469 e. The molecule has 2 rings (SSSR count). The van der Waals surface area contributed by atoms with Gasteiger partial charge in [0, 0.05) is 26.2 Å². The first-order valence-electron chi connectivity index (χ1n) is 7.98. The number of likely N-dealkylation sites (tertiary alicyclic amines) is 1. The zero-order chi connectivity index (χ0) is 16.4. The average Bonchev–Trinajstić information content (AvgIpc) is 2.46. The summed E-state index contributed by atoms with van der Waals surface area (Å²) in [6.07, 6.45) is 1.33. The maximum absolute atomic E-state index is 12.5. The summed E-state index contributed by atoms with van der Waals surface area (Å²) >= 11 is 0. The molecule has 2 aliphatic rings. The standard InChI is InChI=1S/C16H28N2O4/c1-15(2)12-17(9-10-22-15)11-13(19)18-7-5-16(3,6-8-18)14(20)21-4/h5-12H2,1-4H3. The van der Waals surface area contributed by atoms with E-state index >= 15 is 0 Å². The smallest absolute Gasteiger partial charge is 0.311 e. The van der Waals surface area contributed by atoms with Gasteiger partial charge in [-0.3, -0.25) is 14.5 Å². The van der Waals surface area contributed by atoms with Gasteiger partial charge in [-0.1, -0.05) is 0 Å². The van der Waals surface area contributed by atoms with Crippen molar-refractivity contribution < 1.29 is 19.1 Å². The lowest BCUT2D eigenvalue weighted by Gasteiger charge is -2.40. The molecule has 0 saturated carbocycles. The number of hydrogen-bond acceptors (Lipinski definition) is 5. The predicted octanol–water partition coefficient (Wildman–Crippen LogP) is 0.899. The molecule has 0 aromatic heterocycles. The first-order chi connectivity index (χ1) is 10.3. The molecule has 2 fully saturated rings. The zero-order valence-electron chi connectivity index (χ0n) is 14.2. The zero-order valence-corrected chi connectivity index (χ0v) is 14.2. The van der Waals surface area contributed by atoms with Gasteiger partial charge >= 0.3 is 5.97 Å². The number of esters is 1. The molecular weight excluding hydrogens is 284 g/mol. The van der Waals surface area contributed by atoms with E-state index in [0.29, 0.717) is 39.1 Å². The van der Waals surface area contributed by atoms with Gasteiger partial charge in [0.1, 0.15) is 0 Å². The fourth-order valence-corrected chi connectivity index (χ4v) is 3.24. The maximum atomic E-state index is 12.5. The number of carbonyl (C=O) groups is 2. The Balaban J connectivity index is 1.84. The van der Waals surface area contributed by atoms with Gasteiger partial charge in [0.15, 0.2) is 0 Å². The Morgan fingerprint density at radius 1 is 1.14 bits per heavy atom. The first kappa shape index (κ1) is 17.2. The number of piperidine rings is 1. The molecule has 2 heterocycles. The van der Waals surface area contributed by atoms with Gasteiger partial charge in [-0.05, 0) is 33.6 Å². The van der Waals surface area contributed by atoms with E-state index in [9.17, 15) is 9.59 Å². The number of ether oxygens (including phenoxy) is 2. The summed E-state index contributed by atoms with van der Waals surface area (Å²) in [4.78, 5) is 28.3. The van der Waals surface area contributed by atoms with Crippen LogP contribution in [0.15, 0.2) is 0 Å². The van der Waals surface area contributed by atoms with E-state index in [1.807, 2.05) is 25.7 Å². The third-order valence-corrected chi connectivity index (χ3v) is 4.76. The Morgan fingerprint density at radius 3 is 2.32 bits per heavy atom. The molecule has 6 nitrogen and oxygen atoms in total. The number of methoxy groups -OCH3 is 1. The van der Waals surface area contributed by atoms with Gasteiger partial charge in [-0.2, -0.15) is 0 Å². The Labute approximate surface area is 132 Å². The number of rotatable bonds is 3. The van der Waals surface area contributed by atoms with Crippen molar-refractivity contribution in [2.24, 2.45) is 5.41 Å². The number of amides is 1. The van der Waals surface area contributed by atoms with Crippen molar-refractivity contribution in [2.45, 2.75) is 39.2 Å². The number of carbonyl (C=O) groups excluding carboxylic acids is 2. The first-order valence-corrected chi connectivity index (χ1v) is 7.98. The van der Waals surface area contributed by atoms with Crippen LogP contribution in [0.4, 0.5) is 0 Å². The average molecular weight is 312 g/mol. The molecule has 2 saturated heterocycles. The molecule has 0 aliphatic carbocycles. The van der Waals surface area contributed by atoms with E-state index in [0.717, 1.165) is 13.1 Å². The molecule has 126 valence electrons. The van der Waals surface area contributed by atoms with E-state index in [2.05, 4.69) is 4.90 Å². The summed E-state index contributed by atoms with van der Waals surface area (Å²) in [5.74, 6) is -0.0286. The summed E-state index contributed by atoms with van der Waals surface area (Å²) < 4.78 is 10.5. The SMILES string of the molecule is COC(=O)C1(C)CCN(C(=O)CN2CCOC(C)(C)C2)CC1. The third-order valence-electron chi connectivity index (χ3n) is 4.76. The molecule has 0 unspecified atom stereocenters. The van der Waals surface area contributed by atoms with Gasteiger partial charge in [-0.15, -0.1) is 0 Å². The highest BCUT2D eigenvalue weighted by Crippen LogP contribution is 2.32. The van der Waals surface area contributed by atoms with Crippen LogP contribution in [0, 0.1) is 5.41 Å². The van der Waals surface area contributed by atoms with Gasteiger partial charge < -0.3 is 14.4 Å². The molecule has 0 bridgehead atoms. The number of nitrogens with zero attached hydrogens (tertiary/aromatic N) is 2. The van der Waals surface area contributed by atoms with E-state index in [1.165, 1.54) is 7.11 Å². The minimum absolute atomic E-state index is 0.143.